The van der Waals surface area contributed by atoms with Crippen LogP contribution in [0.4, 0.5) is 5.69 Å². The van der Waals surface area contributed by atoms with Gasteiger partial charge >= 0.3 is 0 Å². The molecule has 0 saturated heterocycles. The first kappa shape index (κ1) is 21.3. The highest BCUT2D eigenvalue weighted by Gasteiger charge is 2.16. The summed E-state index contributed by atoms with van der Waals surface area (Å²) in [5, 5.41) is 1.25. The van der Waals surface area contributed by atoms with Crippen LogP contribution in [-0.4, -0.2) is 34.2 Å². The van der Waals surface area contributed by atoms with Crippen LogP contribution in [0.2, 0.25) is 5.02 Å². The van der Waals surface area contributed by atoms with E-state index in [1.54, 1.807) is 0 Å². The van der Waals surface area contributed by atoms with Crippen LogP contribution in [0.1, 0.15) is 42.3 Å². The Morgan fingerprint density at radius 1 is 1.21 bits per heavy atom. The van der Waals surface area contributed by atoms with Gasteiger partial charge < -0.3 is 9.64 Å². The van der Waals surface area contributed by atoms with Crippen LogP contribution in [0, 0.1) is 13.8 Å². The Hall–Kier alpha value is -2.44. The molecule has 1 atom stereocenters. The first-order valence-corrected chi connectivity index (χ1v) is 10.6. The summed E-state index contributed by atoms with van der Waals surface area (Å²) in [6.07, 6.45) is 1.84. The van der Waals surface area contributed by atoms with E-state index < -0.39 is 0 Å². The van der Waals surface area contributed by atoms with E-state index in [-0.39, 0.29) is 5.92 Å². The van der Waals surface area contributed by atoms with Crippen molar-refractivity contribution in [3.05, 3.63) is 63.9 Å². The molecule has 152 valence electrons. The minimum absolute atomic E-state index is 0.0657. The van der Waals surface area contributed by atoms with Crippen LogP contribution >= 0.6 is 23.1 Å². The smallest absolute Gasteiger partial charge is 0.298 e. The molecule has 3 rings (SSSR count). The summed E-state index contributed by atoms with van der Waals surface area (Å²) in [7, 11) is 2.00. The van der Waals surface area contributed by atoms with Gasteiger partial charge in [0.05, 0.1) is 12.0 Å². The highest BCUT2D eigenvalue weighted by Crippen LogP contribution is 2.33. The molecular formula is C22H25ClN4OS. The van der Waals surface area contributed by atoms with Crippen LogP contribution in [-0.2, 0) is 0 Å². The van der Waals surface area contributed by atoms with E-state index in [4.69, 9.17) is 16.3 Å². The van der Waals surface area contributed by atoms with Crippen molar-refractivity contribution in [1.82, 2.24) is 14.3 Å². The maximum atomic E-state index is 6.04. The Kier molecular flexibility index (Phi) is 6.87. The van der Waals surface area contributed by atoms with Crippen LogP contribution in [0.5, 0.6) is 10.9 Å². The first-order valence-electron chi connectivity index (χ1n) is 9.50. The zero-order chi connectivity index (χ0) is 21.0. The lowest BCUT2D eigenvalue weighted by molar-refractivity contribution is 0.472. The number of aryl methyl sites for hydroxylation is 2. The fraction of sp³-hybridized carbons (Fsp3) is 0.318. The summed E-state index contributed by atoms with van der Waals surface area (Å²) in [5.41, 5.74) is 4.10. The van der Waals surface area contributed by atoms with Crippen molar-refractivity contribution in [3.8, 4) is 10.9 Å². The van der Waals surface area contributed by atoms with Gasteiger partial charge in [-0.05, 0) is 61.7 Å². The van der Waals surface area contributed by atoms with Gasteiger partial charge in [-0.3, -0.25) is 0 Å². The number of aliphatic imine (C=N–C) groups is 1. The van der Waals surface area contributed by atoms with Crippen LogP contribution < -0.4 is 4.74 Å². The third-order valence-corrected chi connectivity index (χ3v) is 5.63. The van der Waals surface area contributed by atoms with Crippen LogP contribution in [0.15, 0.2) is 41.4 Å². The number of benzene rings is 2. The van der Waals surface area contributed by atoms with E-state index in [0.29, 0.717) is 5.19 Å². The molecular weight excluding hydrogens is 404 g/mol. The van der Waals surface area contributed by atoms with Crippen molar-refractivity contribution in [2.45, 2.75) is 33.6 Å². The van der Waals surface area contributed by atoms with E-state index in [1.807, 2.05) is 68.5 Å². The number of rotatable bonds is 7. The first-order chi connectivity index (χ1) is 13.9. The number of ether oxygens (including phenoxy) is 1. The van der Waals surface area contributed by atoms with Gasteiger partial charge in [0.15, 0.2) is 5.82 Å². The second-order valence-electron chi connectivity index (χ2n) is 7.02. The molecule has 0 fully saturated rings. The molecule has 0 aliphatic heterocycles. The fourth-order valence-corrected chi connectivity index (χ4v) is 3.46. The zero-order valence-corrected chi connectivity index (χ0v) is 18.9. The second-order valence-corrected chi connectivity index (χ2v) is 8.17. The molecule has 0 spiro atoms. The Morgan fingerprint density at radius 2 is 1.93 bits per heavy atom. The average Bonchev–Trinajstić information content (AvgIpc) is 3.17. The third-order valence-electron chi connectivity index (χ3n) is 4.76. The molecule has 0 saturated carbocycles. The topological polar surface area (TPSA) is 50.6 Å². The maximum absolute atomic E-state index is 6.04. The molecule has 0 bridgehead atoms. The molecule has 29 heavy (non-hydrogen) atoms. The Bertz CT molecular complexity index is 1000. The van der Waals surface area contributed by atoms with Crippen molar-refractivity contribution in [3.63, 3.8) is 0 Å². The van der Waals surface area contributed by atoms with Gasteiger partial charge in [0.1, 0.15) is 5.75 Å². The Morgan fingerprint density at radius 3 is 2.62 bits per heavy atom. The van der Waals surface area contributed by atoms with E-state index >= 15 is 0 Å². The van der Waals surface area contributed by atoms with Crippen molar-refractivity contribution < 1.29 is 4.74 Å². The standard InChI is InChI=1S/C22H25ClN4OS/c1-6-27(5)13-24-19-11-15(3)20(12-14(19)2)28-22-25-21(26-29-22)16(4)17-7-9-18(23)10-8-17/h7-13,16H,6H2,1-5H3/b24-13+. The summed E-state index contributed by atoms with van der Waals surface area (Å²) >= 11 is 7.24. The molecule has 5 nitrogen and oxygen atoms in total. The summed E-state index contributed by atoms with van der Waals surface area (Å²) < 4.78 is 10.5. The van der Waals surface area contributed by atoms with Crippen molar-refractivity contribution in [1.29, 1.82) is 0 Å². The average molecular weight is 429 g/mol. The van der Waals surface area contributed by atoms with Gasteiger partial charge in [-0.15, -0.1) is 0 Å². The predicted octanol–water partition coefficient (Wildman–Crippen LogP) is 6.36. The minimum atomic E-state index is 0.0657. The molecule has 0 radical (unpaired) electrons. The minimum Gasteiger partial charge on any atom is -0.430 e. The summed E-state index contributed by atoms with van der Waals surface area (Å²) in [6.45, 7) is 9.11. The SMILES string of the molecule is CCN(C)/C=N/c1cc(C)c(Oc2nc(C(C)c3ccc(Cl)cc3)ns2)cc1C. The largest absolute Gasteiger partial charge is 0.430 e. The fourth-order valence-electron chi connectivity index (χ4n) is 2.70. The molecule has 2 aromatic carbocycles. The summed E-state index contributed by atoms with van der Waals surface area (Å²) in [4.78, 5) is 11.2. The third kappa shape index (κ3) is 5.34. The number of halogens is 1. The predicted molar refractivity (Wildman–Crippen MR) is 121 cm³/mol. The number of aromatic nitrogens is 2. The van der Waals surface area contributed by atoms with Gasteiger partial charge in [-0.2, -0.15) is 9.36 Å². The molecule has 1 heterocycles. The summed E-state index contributed by atoms with van der Waals surface area (Å²) in [6, 6.07) is 11.8. The van der Waals surface area contributed by atoms with E-state index in [0.717, 1.165) is 45.5 Å². The second kappa shape index (κ2) is 9.37. The lowest BCUT2D eigenvalue weighted by Crippen LogP contribution is -2.14. The van der Waals surface area contributed by atoms with Crippen LogP contribution in [0.25, 0.3) is 0 Å². The van der Waals surface area contributed by atoms with Crippen LogP contribution in [0.3, 0.4) is 0 Å². The molecule has 0 N–H and O–H groups in total. The highest BCUT2D eigenvalue weighted by atomic mass is 35.5. The normalized spacial score (nSPS) is 12.3. The quantitative estimate of drug-likeness (QED) is 0.324. The van der Waals surface area contributed by atoms with E-state index in [1.165, 1.54) is 11.5 Å². The van der Waals surface area contributed by atoms with Gasteiger partial charge in [0, 0.05) is 36.1 Å². The number of nitrogens with zero attached hydrogens (tertiary/aromatic N) is 4. The molecule has 1 unspecified atom stereocenters. The molecule has 0 aliphatic rings. The maximum Gasteiger partial charge on any atom is 0.298 e. The lowest BCUT2D eigenvalue weighted by Gasteiger charge is -2.11. The molecule has 0 amide bonds. The number of hydrogen-bond donors (Lipinski definition) is 0. The van der Waals surface area contributed by atoms with Gasteiger partial charge in [0.25, 0.3) is 5.19 Å². The molecule has 3 aromatic rings. The van der Waals surface area contributed by atoms with E-state index in [2.05, 4.69) is 28.2 Å². The lowest BCUT2D eigenvalue weighted by atomic mass is 10.0. The van der Waals surface area contributed by atoms with Crippen molar-refractivity contribution in [2.24, 2.45) is 4.99 Å². The van der Waals surface area contributed by atoms with Gasteiger partial charge in [-0.25, -0.2) is 4.99 Å². The monoisotopic (exact) mass is 428 g/mol. The van der Waals surface area contributed by atoms with Gasteiger partial charge in [0.2, 0.25) is 0 Å². The molecule has 0 aliphatic carbocycles. The van der Waals surface area contributed by atoms with Crippen molar-refractivity contribution >= 4 is 35.2 Å². The summed E-state index contributed by atoms with van der Waals surface area (Å²) in [5.74, 6) is 1.58. The molecule has 1 aromatic heterocycles. The van der Waals surface area contributed by atoms with E-state index in [9.17, 15) is 0 Å². The Labute approximate surface area is 181 Å². The van der Waals surface area contributed by atoms with Gasteiger partial charge in [-0.1, -0.05) is 30.7 Å². The molecule has 7 heteroatoms. The Balaban J connectivity index is 1.76. The highest BCUT2D eigenvalue weighted by molar-refractivity contribution is 7.07. The zero-order valence-electron chi connectivity index (χ0n) is 17.3. The number of hydrogen-bond acceptors (Lipinski definition) is 5. The van der Waals surface area contributed by atoms with Crippen molar-refractivity contribution in [2.75, 3.05) is 13.6 Å².